The Bertz CT molecular complexity index is 637. The van der Waals surface area contributed by atoms with Gasteiger partial charge >= 0.3 is 0 Å². The molecule has 0 radical (unpaired) electrons. The minimum atomic E-state index is -0.131. The first-order valence-corrected chi connectivity index (χ1v) is 8.33. The van der Waals surface area contributed by atoms with Gasteiger partial charge in [-0.2, -0.15) is 0 Å². The van der Waals surface area contributed by atoms with Gasteiger partial charge in [-0.05, 0) is 84.5 Å². The highest BCUT2D eigenvalue weighted by Gasteiger charge is 2.64. The molecular weight excluding hydrogens is 259 g/mol. The number of benzene rings is 1. The van der Waals surface area contributed by atoms with Crippen LogP contribution in [0.1, 0.15) is 44.1 Å². The number of hydrogen-bond acceptors (Lipinski definition) is 0. The van der Waals surface area contributed by atoms with Crippen molar-refractivity contribution in [3.05, 3.63) is 53.9 Å². The monoisotopic (exact) mass is 280 g/mol. The van der Waals surface area contributed by atoms with Crippen molar-refractivity contribution in [2.75, 3.05) is 0 Å². The first-order valence-electron chi connectivity index (χ1n) is 8.33. The molecular formula is C20H21F. The number of hydrogen-bond donors (Lipinski definition) is 0. The minimum Gasteiger partial charge on any atom is -0.207 e. The molecule has 0 saturated heterocycles. The van der Waals surface area contributed by atoms with Crippen molar-refractivity contribution in [1.82, 2.24) is 0 Å². The third kappa shape index (κ3) is 1.73. The quantitative estimate of drug-likeness (QED) is 0.639. The summed E-state index contributed by atoms with van der Waals surface area (Å²) in [6.07, 6.45) is 15.4. The lowest BCUT2D eigenvalue weighted by atomic mass is 9.83. The fourth-order valence-corrected chi connectivity index (χ4v) is 5.10. The van der Waals surface area contributed by atoms with E-state index in [0.29, 0.717) is 10.8 Å². The fourth-order valence-electron chi connectivity index (χ4n) is 5.10. The molecule has 2 saturated carbocycles. The average molecular weight is 280 g/mol. The van der Waals surface area contributed by atoms with E-state index in [0.717, 1.165) is 11.8 Å². The SMILES string of the molecule is Fc1ccc(C2=CC(C3CC34CC=CC4)C3(CC3)C2)cc1. The third-order valence-electron chi connectivity index (χ3n) is 6.64. The van der Waals surface area contributed by atoms with Crippen molar-refractivity contribution >= 4 is 5.57 Å². The number of rotatable bonds is 2. The molecule has 2 fully saturated rings. The molecule has 2 atom stereocenters. The van der Waals surface area contributed by atoms with Crippen molar-refractivity contribution in [2.45, 2.75) is 38.5 Å². The van der Waals surface area contributed by atoms with E-state index in [-0.39, 0.29) is 5.82 Å². The van der Waals surface area contributed by atoms with Gasteiger partial charge in [-0.25, -0.2) is 4.39 Å². The lowest BCUT2D eigenvalue weighted by Crippen LogP contribution is -2.15. The predicted octanol–water partition coefficient (Wildman–Crippen LogP) is 5.37. The normalized spacial score (nSPS) is 33.7. The van der Waals surface area contributed by atoms with Gasteiger partial charge in [0.1, 0.15) is 5.82 Å². The fraction of sp³-hybridized carbons (Fsp3) is 0.500. The van der Waals surface area contributed by atoms with E-state index in [1.807, 2.05) is 12.1 Å². The molecule has 0 aliphatic heterocycles. The van der Waals surface area contributed by atoms with Crippen LogP contribution in [0.3, 0.4) is 0 Å². The molecule has 21 heavy (non-hydrogen) atoms. The van der Waals surface area contributed by atoms with Crippen LogP contribution < -0.4 is 0 Å². The lowest BCUT2D eigenvalue weighted by molar-refractivity contribution is 0.311. The summed E-state index contributed by atoms with van der Waals surface area (Å²) in [7, 11) is 0. The van der Waals surface area contributed by atoms with E-state index in [2.05, 4.69) is 18.2 Å². The molecule has 0 heterocycles. The van der Waals surface area contributed by atoms with Gasteiger partial charge < -0.3 is 0 Å². The van der Waals surface area contributed by atoms with Crippen LogP contribution in [0.15, 0.2) is 42.5 Å². The van der Waals surface area contributed by atoms with Gasteiger partial charge in [0, 0.05) is 0 Å². The molecule has 1 aromatic carbocycles. The third-order valence-corrected chi connectivity index (χ3v) is 6.64. The van der Waals surface area contributed by atoms with Gasteiger partial charge in [0.25, 0.3) is 0 Å². The minimum absolute atomic E-state index is 0.131. The Hall–Kier alpha value is -1.37. The zero-order valence-corrected chi connectivity index (χ0v) is 12.3. The largest absolute Gasteiger partial charge is 0.207 e. The molecule has 4 aliphatic carbocycles. The summed E-state index contributed by atoms with van der Waals surface area (Å²) in [6.45, 7) is 0. The highest BCUT2D eigenvalue weighted by Crippen LogP contribution is 2.74. The molecule has 2 unspecified atom stereocenters. The van der Waals surface area contributed by atoms with Crippen LogP contribution >= 0.6 is 0 Å². The van der Waals surface area contributed by atoms with Gasteiger partial charge in [-0.3, -0.25) is 0 Å². The molecule has 2 spiro atoms. The van der Waals surface area contributed by atoms with Crippen LogP contribution in [0.25, 0.3) is 5.57 Å². The highest BCUT2D eigenvalue weighted by atomic mass is 19.1. The molecule has 0 nitrogen and oxygen atoms in total. The van der Waals surface area contributed by atoms with Crippen LogP contribution in [-0.4, -0.2) is 0 Å². The Morgan fingerprint density at radius 3 is 2.33 bits per heavy atom. The Balaban J connectivity index is 1.44. The van der Waals surface area contributed by atoms with E-state index in [1.54, 1.807) is 12.1 Å². The van der Waals surface area contributed by atoms with Gasteiger partial charge in [0.2, 0.25) is 0 Å². The van der Waals surface area contributed by atoms with Crippen molar-refractivity contribution in [3.63, 3.8) is 0 Å². The number of halogens is 1. The molecule has 5 rings (SSSR count). The van der Waals surface area contributed by atoms with Crippen LogP contribution in [0, 0.1) is 28.5 Å². The molecule has 0 aromatic heterocycles. The molecule has 1 aromatic rings. The molecule has 0 N–H and O–H groups in total. The first-order chi connectivity index (χ1) is 10.2. The smallest absolute Gasteiger partial charge is 0.123 e. The van der Waals surface area contributed by atoms with Gasteiger partial charge in [0.15, 0.2) is 0 Å². The van der Waals surface area contributed by atoms with Crippen molar-refractivity contribution < 1.29 is 4.39 Å². The maximum Gasteiger partial charge on any atom is 0.123 e. The second-order valence-corrected chi connectivity index (χ2v) is 7.82. The topological polar surface area (TPSA) is 0 Å². The standard InChI is InChI=1S/C20H21F/c21-16-5-3-14(4-6-16)15-11-17(20(12-15)9-10-20)18-13-19(18)7-1-2-8-19/h1-6,11,17-18H,7-10,12-13H2. The maximum absolute atomic E-state index is 13.1. The van der Waals surface area contributed by atoms with Gasteiger partial charge in [-0.15, -0.1) is 0 Å². The predicted molar refractivity (Wildman–Crippen MR) is 83.1 cm³/mol. The van der Waals surface area contributed by atoms with E-state index >= 15 is 0 Å². The summed E-state index contributed by atoms with van der Waals surface area (Å²) in [5.41, 5.74) is 3.94. The summed E-state index contributed by atoms with van der Waals surface area (Å²) in [5, 5.41) is 0. The molecule has 0 bridgehead atoms. The highest BCUT2D eigenvalue weighted by molar-refractivity contribution is 5.70. The first kappa shape index (κ1) is 12.2. The zero-order chi connectivity index (χ0) is 14.1. The Morgan fingerprint density at radius 1 is 0.952 bits per heavy atom. The van der Waals surface area contributed by atoms with Crippen LogP contribution in [-0.2, 0) is 0 Å². The average Bonchev–Trinajstić information content (AvgIpc) is 3.27. The van der Waals surface area contributed by atoms with Gasteiger partial charge in [0.05, 0.1) is 0 Å². The number of allylic oxidation sites excluding steroid dienone is 4. The summed E-state index contributed by atoms with van der Waals surface area (Å²) in [6, 6.07) is 7.12. The Morgan fingerprint density at radius 2 is 1.67 bits per heavy atom. The second-order valence-electron chi connectivity index (χ2n) is 7.82. The Kier molecular flexibility index (Phi) is 2.25. The van der Waals surface area contributed by atoms with Crippen molar-refractivity contribution in [2.24, 2.45) is 22.7 Å². The summed E-state index contributed by atoms with van der Waals surface area (Å²) < 4.78 is 13.1. The summed E-state index contributed by atoms with van der Waals surface area (Å²) >= 11 is 0. The van der Waals surface area contributed by atoms with Crippen LogP contribution in [0.4, 0.5) is 4.39 Å². The molecule has 0 amide bonds. The van der Waals surface area contributed by atoms with E-state index in [1.165, 1.54) is 49.7 Å². The molecule has 4 aliphatic rings. The van der Waals surface area contributed by atoms with Crippen LogP contribution in [0.2, 0.25) is 0 Å². The van der Waals surface area contributed by atoms with Crippen molar-refractivity contribution in [1.29, 1.82) is 0 Å². The Labute approximate surface area is 125 Å². The summed E-state index contributed by atoms with van der Waals surface area (Å²) in [5.74, 6) is 1.57. The maximum atomic E-state index is 13.1. The summed E-state index contributed by atoms with van der Waals surface area (Å²) in [4.78, 5) is 0. The molecule has 108 valence electrons. The van der Waals surface area contributed by atoms with E-state index < -0.39 is 0 Å². The second kappa shape index (κ2) is 3.88. The molecule has 1 heteroatoms. The van der Waals surface area contributed by atoms with Crippen molar-refractivity contribution in [3.8, 4) is 0 Å². The zero-order valence-electron chi connectivity index (χ0n) is 12.3. The van der Waals surface area contributed by atoms with Crippen LogP contribution in [0.5, 0.6) is 0 Å². The lowest BCUT2D eigenvalue weighted by Gasteiger charge is -2.20. The van der Waals surface area contributed by atoms with E-state index in [4.69, 9.17) is 0 Å². The van der Waals surface area contributed by atoms with Gasteiger partial charge in [-0.1, -0.05) is 30.4 Å². The van der Waals surface area contributed by atoms with E-state index in [9.17, 15) is 4.39 Å².